The molecule has 4 nitrogen and oxygen atoms in total. The van der Waals surface area contributed by atoms with Crippen LogP contribution in [0.25, 0.3) is 0 Å². The van der Waals surface area contributed by atoms with Crippen molar-refractivity contribution in [2.24, 2.45) is 0 Å². The highest BCUT2D eigenvalue weighted by molar-refractivity contribution is 6.23. The minimum Gasteiger partial charge on any atom is -0.350 e. The van der Waals surface area contributed by atoms with Crippen molar-refractivity contribution in [1.82, 2.24) is 10.2 Å². The molecule has 14 heavy (non-hydrogen) atoms. The summed E-state index contributed by atoms with van der Waals surface area (Å²) in [6.45, 7) is 9.06. The molecule has 1 saturated heterocycles. The Balaban J connectivity index is 0. The van der Waals surface area contributed by atoms with Gasteiger partial charge in [0.25, 0.3) is 5.91 Å². The van der Waals surface area contributed by atoms with Gasteiger partial charge in [0.05, 0.1) is 0 Å². The number of nitrogens with zero attached hydrogens (tertiary/aromatic N) is 1. The van der Waals surface area contributed by atoms with Gasteiger partial charge in [0.15, 0.2) is 0 Å². The first-order valence-electron chi connectivity index (χ1n) is 5.21. The Labute approximate surface area is 87.1 Å². The topological polar surface area (TPSA) is 49.2 Å². The van der Waals surface area contributed by atoms with E-state index < -0.39 is 5.91 Å². The second kappa shape index (κ2) is 7.50. The monoisotopic (exact) mass is 202 g/mol. The van der Waals surface area contributed by atoms with Gasteiger partial charge < -0.3 is 5.32 Å². The van der Waals surface area contributed by atoms with E-state index >= 15 is 0 Å². The van der Waals surface area contributed by atoms with Crippen LogP contribution in [0, 0.1) is 0 Å². The summed E-state index contributed by atoms with van der Waals surface area (Å²) in [7, 11) is 0. The van der Waals surface area contributed by atoms with Crippen molar-refractivity contribution in [3.05, 3.63) is 0 Å². The number of carbonyl (C=O) groups excluding carboxylic acids is 2. The Morgan fingerprint density at radius 1 is 1.57 bits per heavy atom. The molecule has 4 heteroatoms. The van der Waals surface area contributed by atoms with Gasteiger partial charge in [-0.05, 0) is 13.3 Å². The van der Waals surface area contributed by atoms with E-state index in [9.17, 15) is 9.59 Å². The highest BCUT2D eigenvalue weighted by Crippen LogP contribution is 2.11. The molecule has 1 heterocycles. The molecule has 0 spiro atoms. The van der Waals surface area contributed by atoms with E-state index in [1.54, 1.807) is 0 Å². The number of nitrogens with one attached hydrogen (secondary N) is 1. The maximum atomic E-state index is 10.5. The van der Waals surface area contributed by atoms with E-state index in [1.807, 2.05) is 13.8 Å². The first-order valence-corrected chi connectivity index (χ1v) is 5.21. The zero-order chi connectivity index (χ0) is 11.0. The Hall–Kier alpha value is -0.900. The molecule has 84 valence electrons. The zero-order valence-corrected chi connectivity index (χ0v) is 9.25. The van der Waals surface area contributed by atoms with Crippen LogP contribution in [0.5, 0.6) is 0 Å². The lowest BCUT2D eigenvalue weighted by molar-refractivity contribution is -0.131. The lowest BCUT2D eigenvalue weighted by atomic mass is 10.2. The predicted octanol–water partition coefficient (Wildman–Crippen LogP) is 0.668. The SMILES string of the molecule is CC.CC(CCNC(=O)C=O)N1CC1.[HH]. The van der Waals surface area contributed by atoms with Crippen LogP contribution < -0.4 is 5.32 Å². The molecular formula is C10H22N2O2. The molecule has 1 amide bonds. The summed E-state index contributed by atoms with van der Waals surface area (Å²) < 4.78 is 0. The van der Waals surface area contributed by atoms with E-state index in [1.165, 1.54) is 13.1 Å². The van der Waals surface area contributed by atoms with Gasteiger partial charge in [-0.3, -0.25) is 14.5 Å². The highest BCUT2D eigenvalue weighted by Gasteiger charge is 2.22. The molecule has 1 aliphatic rings. The number of aldehydes is 1. The minimum absolute atomic E-state index is 0. The Kier molecular flexibility index (Phi) is 7.02. The third-order valence-corrected chi connectivity index (χ3v) is 2.07. The van der Waals surface area contributed by atoms with Crippen LogP contribution in [0.2, 0.25) is 0 Å². The van der Waals surface area contributed by atoms with Crippen molar-refractivity contribution in [2.75, 3.05) is 19.6 Å². The molecule has 0 aromatic heterocycles. The van der Waals surface area contributed by atoms with Crippen molar-refractivity contribution < 1.29 is 11.0 Å². The highest BCUT2D eigenvalue weighted by atomic mass is 16.2. The van der Waals surface area contributed by atoms with Crippen molar-refractivity contribution in [3.63, 3.8) is 0 Å². The summed E-state index contributed by atoms with van der Waals surface area (Å²) in [6.07, 6.45) is 1.22. The summed E-state index contributed by atoms with van der Waals surface area (Å²) in [5.74, 6) is -0.520. The third-order valence-electron chi connectivity index (χ3n) is 2.07. The Bertz CT molecular complexity index is 184. The smallest absolute Gasteiger partial charge is 0.284 e. The first-order chi connectivity index (χ1) is 6.74. The largest absolute Gasteiger partial charge is 0.350 e. The molecule has 1 unspecified atom stereocenters. The van der Waals surface area contributed by atoms with E-state index in [-0.39, 0.29) is 1.43 Å². The molecule has 0 aromatic carbocycles. The summed E-state index contributed by atoms with van der Waals surface area (Å²) in [5.41, 5.74) is 0. The van der Waals surface area contributed by atoms with Gasteiger partial charge in [-0.15, -0.1) is 0 Å². The molecule has 1 fully saturated rings. The average Bonchev–Trinajstić information content (AvgIpc) is 3.03. The van der Waals surface area contributed by atoms with Gasteiger partial charge >= 0.3 is 0 Å². The van der Waals surface area contributed by atoms with Crippen molar-refractivity contribution in [1.29, 1.82) is 0 Å². The molecule has 1 atom stereocenters. The second-order valence-corrected chi connectivity index (χ2v) is 3.08. The fourth-order valence-corrected chi connectivity index (χ4v) is 1.13. The van der Waals surface area contributed by atoms with Gasteiger partial charge in [0.2, 0.25) is 6.29 Å². The number of amides is 1. The molecule has 0 aliphatic carbocycles. The van der Waals surface area contributed by atoms with Gasteiger partial charge in [-0.2, -0.15) is 0 Å². The van der Waals surface area contributed by atoms with E-state index in [4.69, 9.17) is 0 Å². The van der Waals surface area contributed by atoms with Gasteiger partial charge in [0, 0.05) is 27.1 Å². The van der Waals surface area contributed by atoms with Crippen LogP contribution in [0.15, 0.2) is 0 Å². The fourth-order valence-electron chi connectivity index (χ4n) is 1.13. The summed E-state index contributed by atoms with van der Waals surface area (Å²) in [4.78, 5) is 22.7. The van der Waals surface area contributed by atoms with Crippen LogP contribution in [0.1, 0.15) is 28.6 Å². The molecule has 1 rings (SSSR count). The number of carbonyl (C=O) groups is 2. The summed E-state index contributed by atoms with van der Waals surface area (Å²) in [6, 6.07) is 0.525. The fraction of sp³-hybridized carbons (Fsp3) is 0.800. The van der Waals surface area contributed by atoms with E-state index in [2.05, 4.69) is 17.1 Å². The van der Waals surface area contributed by atoms with Crippen LogP contribution in [-0.2, 0) is 9.59 Å². The first kappa shape index (κ1) is 13.1. The second-order valence-electron chi connectivity index (χ2n) is 3.08. The van der Waals surface area contributed by atoms with Crippen LogP contribution in [0.4, 0.5) is 0 Å². The predicted molar refractivity (Wildman–Crippen MR) is 58.2 cm³/mol. The molecule has 0 radical (unpaired) electrons. The molecule has 1 aliphatic heterocycles. The maximum Gasteiger partial charge on any atom is 0.284 e. The standard InChI is InChI=1S/C8H14N2O2.C2H6.H2/c1-7(10-4-5-10)2-3-9-8(12)6-11;1-2;/h6-7H,2-5H2,1H3,(H,9,12);1-2H3;1H. The van der Waals surface area contributed by atoms with E-state index in [0.717, 1.165) is 6.42 Å². The van der Waals surface area contributed by atoms with Crippen molar-refractivity contribution in [3.8, 4) is 0 Å². The molecule has 0 saturated carbocycles. The normalized spacial score (nSPS) is 16.2. The van der Waals surface area contributed by atoms with E-state index in [0.29, 0.717) is 18.9 Å². The lowest BCUT2D eigenvalue weighted by Crippen LogP contribution is -2.29. The van der Waals surface area contributed by atoms with Gasteiger partial charge in [-0.25, -0.2) is 0 Å². The van der Waals surface area contributed by atoms with Gasteiger partial charge in [-0.1, -0.05) is 13.8 Å². The molecule has 1 N–H and O–H groups in total. The Morgan fingerprint density at radius 2 is 2.14 bits per heavy atom. The Morgan fingerprint density at radius 3 is 2.57 bits per heavy atom. The lowest BCUT2D eigenvalue weighted by Gasteiger charge is -2.11. The molecule has 0 aromatic rings. The quantitative estimate of drug-likeness (QED) is 0.405. The number of hydrogen-bond donors (Lipinski definition) is 1. The third kappa shape index (κ3) is 5.70. The maximum absolute atomic E-state index is 10.5. The average molecular weight is 202 g/mol. The van der Waals surface area contributed by atoms with Crippen molar-refractivity contribution in [2.45, 2.75) is 33.2 Å². The minimum atomic E-state index is -0.520. The zero-order valence-electron chi connectivity index (χ0n) is 9.25. The summed E-state index contributed by atoms with van der Waals surface area (Å²) in [5, 5.41) is 2.51. The van der Waals surface area contributed by atoms with Crippen LogP contribution >= 0.6 is 0 Å². The number of hydrogen-bond acceptors (Lipinski definition) is 3. The van der Waals surface area contributed by atoms with Gasteiger partial charge in [0.1, 0.15) is 0 Å². The van der Waals surface area contributed by atoms with Crippen LogP contribution in [0.3, 0.4) is 0 Å². The molecule has 0 bridgehead atoms. The van der Waals surface area contributed by atoms with Crippen molar-refractivity contribution >= 4 is 12.2 Å². The van der Waals surface area contributed by atoms with Crippen LogP contribution in [-0.4, -0.2) is 42.8 Å². The molecular weight excluding hydrogens is 180 g/mol. The number of rotatable bonds is 5. The summed E-state index contributed by atoms with van der Waals surface area (Å²) >= 11 is 0.